The van der Waals surface area contributed by atoms with E-state index in [-0.39, 0.29) is 12.3 Å². The quantitative estimate of drug-likeness (QED) is 0.579. The molecule has 0 aliphatic carbocycles. The van der Waals surface area contributed by atoms with Crippen molar-refractivity contribution in [1.29, 1.82) is 0 Å². The Hall–Kier alpha value is -0.420. The topological polar surface area (TPSA) is 95.9 Å². The van der Waals surface area contributed by atoms with Crippen molar-refractivity contribution >= 4 is 13.7 Å². The Morgan fingerprint density at radius 1 is 1.57 bits per heavy atom. The van der Waals surface area contributed by atoms with Crippen LogP contribution >= 0.6 is 7.75 Å². The zero-order valence-corrected chi connectivity index (χ0v) is 9.32. The minimum Gasteiger partial charge on any atom is -0.480 e. The highest BCUT2D eigenvalue weighted by Crippen LogP contribution is 2.36. The Balaban J connectivity index is 4.38. The molecule has 6 nitrogen and oxygen atoms in total. The van der Waals surface area contributed by atoms with Crippen LogP contribution in [0.4, 0.5) is 0 Å². The van der Waals surface area contributed by atoms with Gasteiger partial charge in [-0.25, -0.2) is 9.65 Å². The number of hydrogen-bond donors (Lipinski definition) is 3. The smallest absolute Gasteiger partial charge is 0.403 e. The molecule has 0 rings (SSSR count). The molecule has 7 heteroatoms. The maximum absolute atomic E-state index is 11.0. The van der Waals surface area contributed by atoms with Gasteiger partial charge in [0.2, 0.25) is 0 Å². The van der Waals surface area contributed by atoms with E-state index in [1.807, 2.05) is 13.8 Å². The molecule has 0 aliphatic rings. The van der Waals surface area contributed by atoms with Gasteiger partial charge in [-0.15, -0.1) is 0 Å². The largest absolute Gasteiger partial charge is 0.480 e. The number of carbonyl (C=O) groups is 1. The van der Waals surface area contributed by atoms with Crippen LogP contribution in [0.15, 0.2) is 0 Å². The average molecular weight is 225 g/mol. The molecule has 0 spiro atoms. The summed E-state index contributed by atoms with van der Waals surface area (Å²) in [5.41, 5.74) is 0. The molecule has 84 valence electrons. The summed E-state index contributed by atoms with van der Waals surface area (Å²) in [7, 11) is -2.93. The second-order valence-corrected chi connectivity index (χ2v) is 5.02. The van der Waals surface area contributed by atoms with Crippen LogP contribution in [0, 0.1) is 5.92 Å². The minimum absolute atomic E-state index is 0.112. The van der Waals surface area contributed by atoms with E-state index >= 15 is 0 Å². The fourth-order valence-electron chi connectivity index (χ4n) is 0.930. The van der Waals surface area contributed by atoms with Gasteiger partial charge in [-0.1, -0.05) is 13.8 Å². The first-order valence-corrected chi connectivity index (χ1v) is 5.75. The molecule has 0 amide bonds. The van der Waals surface area contributed by atoms with Gasteiger partial charge in [-0.3, -0.25) is 4.79 Å². The number of rotatable bonds is 6. The predicted octanol–water partition coefficient (Wildman–Crippen LogP) is 0.822. The van der Waals surface area contributed by atoms with E-state index in [1.165, 1.54) is 0 Å². The fraction of sp³-hybridized carbons (Fsp3) is 0.857. The van der Waals surface area contributed by atoms with Crippen LogP contribution in [-0.2, 0) is 13.9 Å². The minimum atomic E-state index is -3.97. The molecule has 0 aromatic carbocycles. The number of carboxylic acid groups (broad SMARTS) is 1. The molecule has 0 saturated carbocycles. The molecule has 0 radical (unpaired) electrons. The number of aliphatic carboxylic acids is 1. The third-order valence-corrected chi connectivity index (χ3v) is 2.70. The molecule has 3 N–H and O–H groups in total. The van der Waals surface area contributed by atoms with Gasteiger partial charge >= 0.3 is 13.7 Å². The monoisotopic (exact) mass is 225 g/mol. The normalized spacial score (nSPS) is 17.8. The second-order valence-electron chi connectivity index (χ2n) is 3.35. The van der Waals surface area contributed by atoms with E-state index in [1.54, 1.807) is 0 Å². The van der Waals surface area contributed by atoms with Crippen molar-refractivity contribution in [1.82, 2.24) is 5.09 Å². The Kier molecular flexibility index (Phi) is 5.29. The highest BCUT2D eigenvalue weighted by atomic mass is 31.2. The molecular formula is C7H16NO5P. The standard InChI is InChI=1S/C7H16NO5P/c1-5(2)4-6(7(9)10)8-14(11,12)13-3/h5-6H,4H2,1-3H3,(H,9,10)(H2,8,11,12)/t6-/m0/s1. The molecule has 0 aliphatic heterocycles. The molecule has 0 bridgehead atoms. The Bertz CT molecular complexity index is 242. The summed E-state index contributed by atoms with van der Waals surface area (Å²) >= 11 is 0. The Morgan fingerprint density at radius 3 is 2.36 bits per heavy atom. The summed E-state index contributed by atoms with van der Waals surface area (Å²) in [6.07, 6.45) is 0.267. The first-order chi connectivity index (χ1) is 6.28. The zero-order valence-electron chi connectivity index (χ0n) is 8.43. The van der Waals surface area contributed by atoms with Gasteiger partial charge in [-0.05, 0) is 12.3 Å². The maximum Gasteiger partial charge on any atom is 0.403 e. The van der Waals surface area contributed by atoms with E-state index < -0.39 is 19.8 Å². The zero-order chi connectivity index (χ0) is 11.4. The summed E-state index contributed by atoms with van der Waals surface area (Å²) < 4.78 is 15.3. The van der Waals surface area contributed by atoms with E-state index in [0.29, 0.717) is 0 Å². The highest BCUT2D eigenvalue weighted by molar-refractivity contribution is 7.50. The molecule has 0 heterocycles. The lowest BCUT2D eigenvalue weighted by Gasteiger charge is -2.18. The van der Waals surface area contributed by atoms with Gasteiger partial charge in [0.25, 0.3) is 0 Å². The van der Waals surface area contributed by atoms with E-state index in [2.05, 4.69) is 9.61 Å². The van der Waals surface area contributed by atoms with Crippen molar-refractivity contribution in [2.24, 2.45) is 5.92 Å². The number of nitrogens with one attached hydrogen (secondary N) is 1. The summed E-state index contributed by atoms with van der Waals surface area (Å²) in [5.74, 6) is -1.05. The molecule has 0 saturated heterocycles. The number of hydrogen-bond acceptors (Lipinski definition) is 3. The molecule has 0 fully saturated rings. The van der Waals surface area contributed by atoms with Crippen molar-refractivity contribution in [3.8, 4) is 0 Å². The SMILES string of the molecule is COP(=O)(O)N[C@@H](CC(C)C)C(=O)O. The lowest BCUT2D eigenvalue weighted by atomic mass is 10.1. The Morgan fingerprint density at radius 2 is 2.07 bits per heavy atom. The van der Waals surface area contributed by atoms with E-state index in [0.717, 1.165) is 7.11 Å². The second kappa shape index (κ2) is 5.46. The molecule has 2 atom stereocenters. The lowest BCUT2D eigenvalue weighted by molar-refractivity contribution is -0.139. The first kappa shape index (κ1) is 13.6. The van der Waals surface area contributed by atoms with Gasteiger partial charge in [-0.2, -0.15) is 0 Å². The van der Waals surface area contributed by atoms with Gasteiger partial charge in [0, 0.05) is 7.11 Å². The highest BCUT2D eigenvalue weighted by Gasteiger charge is 2.28. The lowest BCUT2D eigenvalue weighted by Crippen LogP contribution is -2.35. The van der Waals surface area contributed by atoms with Crippen molar-refractivity contribution in [3.05, 3.63) is 0 Å². The third-order valence-electron chi connectivity index (χ3n) is 1.57. The van der Waals surface area contributed by atoms with Crippen LogP contribution in [0.1, 0.15) is 20.3 Å². The van der Waals surface area contributed by atoms with Crippen molar-refractivity contribution in [2.75, 3.05) is 7.11 Å². The van der Waals surface area contributed by atoms with Gasteiger partial charge in [0.15, 0.2) is 0 Å². The molecule has 14 heavy (non-hydrogen) atoms. The summed E-state index contributed by atoms with van der Waals surface area (Å²) in [6.45, 7) is 3.65. The van der Waals surface area contributed by atoms with E-state index in [4.69, 9.17) is 10.00 Å². The summed E-state index contributed by atoms with van der Waals surface area (Å²) in [6, 6.07) is -1.06. The average Bonchev–Trinajstić information content (AvgIpc) is 2.02. The van der Waals surface area contributed by atoms with E-state index in [9.17, 15) is 9.36 Å². The van der Waals surface area contributed by atoms with Gasteiger partial charge < -0.3 is 14.5 Å². The van der Waals surface area contributed by atoms with Crippen LogP contribution in [0.2, 0.25) is 0 Å². The molecule has 0 aromatic rings. The molecule has 0 aromatic heterocycles. The van der Waals surface area contributed by atoms with Crippen LogP contribution in [0.3, 0.4) is 0 Å². The van der Waals surface area contributed by atoms with Crippen LogP contribution in [0.5, 0.6) is 0 Å². The summed E-state index contributed by atoms with van der Waals surface area (Å²) in [4.78, 5) is 19.7. The van der Waals surface area contributed by atoms with Gasteiger partial charge in [0.05, 0.1) is 0 Å². The molecular weight excluding hydrogens is 209 g/mol. The van der Waals surface area contributed by atoms with Crippen molar-refractivity contribution in [2.45, 2.75) is 26.3 Å². The third kappa shape index (κ3) is 5.34. The first-order valence-electron chi connectivity index (χ1n) is 4.17. The number of carboxylic acids is 1. The van der Waals surface area contributed by atoms with Crippen LogP contribution in [-0.4, -0.2) is 29.1 Å². The van der Waals surface area contributed by atoms with Gasteiger partial charge in [0.1, 0.15) is 6.04 Å². The Labute approximate surface area is 82.9 Å². The predicted molar refractivity (Wildman–Crippen MR) is 50.8 cm³/mol. The van der Waals surface area contributed by atoms with Crippen molar-refractivity contribution < 1.29 is 23.9 Å². The maximum atomic E-state index is 11.0. The molecule has 1 unspecified atom stereocenters. The van der Waals surface area contributed by atoms with Crippen LogP contribution in [0.25, 0.3) is 0 Å². The summed E-state index contributed by atoms with van der Waals surface area (Å²) in [5, 5.41) is 10.8. The fourth-order valence-corrected chi connectivity index (χ4v) is 1.64. The van der Waals surface area contributed by atoms with Crippen molar-refractivity contribution in [3.63, 3.8) is 0 Å². The van der Waals surface area contributed by atoms with Crippen LogP contribution < -0.4 is 5.09 Å².